The Balaban J connectivity index is 2.99. The number of carbonyl (C=O) groups is 1. The molecule has 1 rings (SSSR count). The largest absolute Gasteiger partial charge is 0.475 e. The Morgan fingerprint density at radius 1 is 1.60 bits per heavy atom. The minimum atomic E-state index is -3.17. The van der Waals surface area contributed by atoms with Gasteiger partial charge in [0.2, 0.25) is 5.82 Å². The third kappa shape index (κ3) is 2.79. The van der Waals surface area contributed by atoms with Gasteiger partial charge in [0, 0.05) is 19.0 Å². The molecule has 0 aliphatic carbocycles. The van der Waals surface area contributed by atoms with Crippen LogP contribution >= 0.6 is 0 Å². The summed E-state index contributed by atoms with van der Waals surface area (Å²) in [6, 6.07) is 0. The summed E-state index contributed by atoms with van der Waals surface area (Å²) in [5, 5.41) is 8.70. The summed E-state index contributed by atoms with van der Waals surface area (Å²) in [6.45, 7) is 1.54. The molecule has 0 atom stereocenters. The van der Waals surface area contributed by atoms with E-state index in [0.717, 1.165) is 0 Å². The second kappa shape index (κ2) is 4.01. The molecule has 0 unspecified atom stereocenters. The lowest BCUT2D eigenvalue weighted by Crippen LogP contribution is -2.07. The van der Waals surface area contributed by atoms with E-state index in [4.69, 9.17) is 5.11 Å². The average molecular weight is 232 g/mol. The van der Waals surface area contributed by atoms with Gasteiger partial charge in [0.15, 0.2) is 9.84 Å². The number of rotatable bonds is 4. The second-order valence-electron chi connectivity index (χ2n) is 3.15. The Labute approximate surface area is 87.5 Å². The van der Waals surface area contributed by atoms with E-state index in [1.807, 2.05) is 0 Å². The number of hydrogen-bond acceptors (Lipinski definition) is 4. The molecule has 0 saturated carbocycles. The number of sulfone groups is 1. The van der Waals surface area contributed by atoms with Crippen molar-refractivity contribution in [3.63, 3.8) is 0 Å². The van der Waals surface area contributed by atoms with Crippen LogP contribution in [-0.4, -0.2) is 34.8 Å². The fourth-order valence-electron chi connectivity index (χ4n) is 1.12. The number of imidazole rings is 1. The highest BCUT2D eigenvalue weighted by atomic mass is 32.2. The SMILES string of the molecule is CCS(=O)(=O)Cc1cn(C)c(C(=O)O)n1. The minimum absolute atomic E-state index is 0.0198. The molecule has 0 bridgehead atoms. The minimum Gasteiger partial charge on any atom is -0.475 e. The first-order valence-electron chi connectivity index (χ1n) is 4.31. The van der Waals surface area contributed by atoms with Crippen LogP contribution in [0.3, 0.4) is 0 Å². The lowest BCUT2D eigenvalue weighted by atomic mass is 10.6. The van der Waals surface area contributed by atoms with E-state index >= 15 is 0 Å². The summed E-state index contributed by atoms with van der Waals surface area (Å²) in [5.74, 6) is -1.52. The maximum atomic E-state index is 11.3. The van der Waals surface area contributed by atoms with E-state index in [1.54, 1.807) is 0 Å². The van der Waals surface area contributed by atoms with Crippen LogP contribution in [0.1, 0.15) is 23.2 Å². The van der Waals surface area contributed by atoms with Crippen LogP contribution < -0.4 is 0 Å². The molecule has 0 saturated heterocycles. The molecular weight excluding hydrogens is 220 g/mol. The van der Waals surface area contributed by atoms with E-state index in [-0.39, 0.29) is 23.0 Å². The number of aromatic nitrogens is 2. The first kappa shape index (κ1) is 11.7. The van der Waals surface area contributed by atoms with Crippen molar-refractivity contribution in [3.8, 4) is 0 Å². The highest BCUT2D eigenvalue weighted by molar-refractivity contribution is 7.90. The predicted molar refractivity (Wildman–Crippen MR) is 53.3 cm³/mol. The van der Waals surface area contributed by atoms with Crippen LogP contribution in [-0.2, 0) is 22.6 Å². The van der Waals surface area contributed by atoms with Gasteiger partial charge in [-0.3, -0.25) is 0 Å². The van der Waals surface area contributed by atoms with Gasteiger partial charge in [-0.1, -0.05) is 6.92 Å². The summed E-state index contributed by atoms with van der Waals surface area (Å²) < 4.78 is 23.8. The molecule has 84 valence electrons. The highest BCUT2D eigenvalue weighted by Crippen LogP contribution is 2.06. The summed E-state index contributed by atoms with van der Waals surface area (Å²) in [7, 11) is -1.66. The Hall–Kier alpha value is -1.37. The number of nitrogens with zero attached hydrogens (tertiary/aromatic N) is 2. The van der Waals surface area contributed by atoms with E-state index < -0.39 is 15.8 Å². The molecule has 7 heteroatoms. The van der Waals surface area contributed by atoms with Crippen molar-refractivity contribution in [1.82, 2.24) is 9.55 Å². The third-order valence-corrected chi connectivity index (χ3v) is 3.54. The van der Waals surface area contributed by atoms with Crippen molar-refractivity contribution in [3.05, 3.63) is 17.7 Å². The van der Waals surface area contributed by atoms with Crippen molar-refractivity contribution >= 4 is 15.8 Å². The number of aryl methyl sites for hydroxylation is 1. The van der Waals surface area contributed by atoms with E-state index in [2.05, 4.69) is 4.98 Å². The average Bonchev–Trinajstić information content (AvgIpc) is 2.46. The zero-order valence-electron chi connectivity index (χ0n) is 8.47. The van der Waals surface area contributed by atoms with Crippen molar-refractivity contribution in [2.45, 2.75) is 12.7 Å². The van der Waals surface area contributed by atoms with Gasteiger partial charge in [0.05, 0.1) is 11.4 Å². The Morgan fingerprint density at radius 3 is 2.60 bits per heavy atom. The molecule has 1 aromatic rings. The van der Waals surface area contributed by atoms with Crippen LogP contribution in [0.15, 0.2) is 6.20 Å². The maximum absolute atomic E-state index is 11.3. The lowest BCUT2D eigenvalue weighted by Gasteiger charge is -1.95. The Bertz CT molecular complexity index is 475. The third-order valence-electron chi connectivity index (χ3n) is 1.93. The van der Waals surface area contributed by atoms with Crippen LogP contribution in [0.4, 0.5) is 0 Å². The number of carboxylic acid groups (broad SMARTS) is 1. The van der Waals surface area contributed by atoms with Gasteiger partial charge >= 0.3 is 5.97 Å². The standard InChI is InChI=1S/C8H12N2O4S/c1-3-15(13,14)5-6-4-10(2)7(9-6)8(11)12/h4H,3,5H2,1-2H3,(H,11,12). The number of carboxylic acids is 1. The van der Waals surface area contributed by atoms with Crippen molar-refractivity contribution in [2.75, 3.05) is 5.75 Å². The predicted octanol–water partition coefficient (Wildman–Crippen LogP) is 0.0530. The highest BCUT2D eigenvalue weighted by Gasteiger charge is 2.16. The molecule has 1 N–H and O–H groups in total. The van der Waals surface area contributed by atoms with Crippen molar-refractivity contribution < 1.29 is 18.3 Å². The van der Waals surface area contributed by atoms with E-state index in [0.29, 0.717) is 0 Å². The van der Waals surface area contributed by atoms with Crippen molar-refractivity contribution in [2.24, 2.45) is 7.05 Å². The molecule has 0 aliphatic heterocycles. The Morgan fingerprint density at radius 2 is 2.20 bits per heavy atom. The molecule has 0 spiro atoms. The molecule has 0 aliphatic rings. The van der Waals surface area contributed by atoms with Gasteiger partial charge in [0.1, 0.15) is 0 Å². The van der Waals surface area contributed by atoms with E-state index in [9.17, 15) is 13.2 Å². The Kier molecular flexibility index (Phi) is 3.13. The first-order valence-corrected chi connectivity index (χ1v) is 6.14. The van der Waals surface area contributed by atoms with Gasteiger partial charge in [-0.2, -0.15) is 0 Å². The number of aromatic carboxylic acids is 1. The molecule has 0 amide bonds. The zero-order chi connectivity index (χ0) is 11.6. The lowest BCUT2D eigenvalue weighted by molar-refractivity contribution is 0.0679. The smallest absolute Gasteiger partial charge is 0.372 e. The summed E-state index contributed by atoms with van der Waals surface area (Å²) in [4.78, 5) is 14.4. The van der Waals surface area contributed by atoms with E-state index in [1.165, 1.54) is 24.7 Å². The van der Waals surface area contributed by atoms with Gasteiger partial charge in [-0.05, 0) is 0 Å². The number of hydrogen-bond donors (Lipinski definition) is 1. The molecule has 6 nitrogen and oxygen atoms in total. The first-order chi connectivity index (χ1) is 6.85. The van der Waals surface area contributed by atoms with Gasteiger partial charge < -0.3 is 9.67 Å². The van der Waals surface area contributed by atoms with Crippen LogP contribution in [0.2, 0.25) is 0 Å². The molecule has 1 aromatic heterocycles. The van der Waals surface area contributed by atoms with Gasteiger partial charge in [-0.25, -0.2) is 18.2 Å². The quantitative estimate of drug-likeness (QED) is 0.792. The van der Waals surface area contributed by atoms with Crippen LogP contribution in [0, 0.1) is 0 Å². The summed E-state index contributed by atoms with van der Waals surface area (Å²) >= 11 is 0. The summed E-state index contributed by atoms with van der Waals surface area (Å²) in [6.07, 6.45) is 1.41. The van der Waals surface area contributed by atoms with Gasteiger partial charge in [0.25, 0.3) is 0 Å². The second-order valence-corrected chi connectivity index (χ2v) is 5.50. The topological polar surface area (TPSA) is 89.3 Å². The summed E-state index contributed by atoms with van der Waals surface area (Å²) in [5.41, 5.74) is 0.261. The fraction of sp³-hybridized carbons (Fsp3) is 0.500. The molecule has 0 radical (unpaired) electrons. The zero-order valence-corrected chi connectivity index (χ0v) is 9.28. The maximum Gasteiger partial charge on any atom is 0.372 e. The monoisotopic (exact) mass is 232 g/mol. The molecule has 1 heterocycles. The van der Waals surface area contributed by atoms with Crippen LogP contribution in [0.25, 0.3) is 0 Å². The van der Waals surface area contributed by atoms with Crippen molar-refractivity contribution in [1.29, 1.82) is 0 Å². The molecule has 0 aromatic carbocycles. The van der Waals surface area contributed by atoms with Crippen LogP contribution in [0.5, 0.6) is 0 Å². The molecule has 0 fully saturated rings. The molecule has 15 heavy (non-hydrogen) atoms. The normalized spacial score (nSPS) is 11.6. The fourth-order valence-corrected chi connectivity index (χ4v) is 1.92. The molecular formula is C8H12N2O4S. The van der Waals surface area contributed by atoms with Gasteiger partial charge in [-0.15, -0.1) is 0 Å².